The average molecular weight is 244 g/mol. The lowest BCUT2D eigenvalue weighted by Crippen LogP contribution is -2.05. The minimum Gasteiger partial charge on any atom is -0.494 e. The van der Waals surface area contributed by atoms with E-state index in [-0.39, 0.29) is 5.17 Å². The molecule has 90 valence electrons. The van der Waals surface area contributed by atoms with E-state index in [0.29, 0.717) is 12.3 Å². The largest absolute Gasteiger partial charge is 0.494 e. The summed E-state index contributed by atoms with van der Waals surface area (Å²) in [7, 11) is 0. The van der Waals surface area contributed by atoms with E-state index >= 15 is 0 Å². The molecule has 0 fully saturated rings. The lowest BCUT2D eigenvalue weighted by atomic mass is 9.97. The van der Waals surface area contributed by atoms with Gasteiger partial charge < -0.3 is 9.94 Å². The summed E-state index contributed by atoms with van der Waals surface area (Å²) in [4.78, 5) is 0. The van der Waals surface area contributed by atoms with Crippen LogP contribution in [0.3, 0.4) is 0 Å². The average Bonchev–Trinajstić information content (AvgIpc) is 2.31. The van der Waals surface area contributed by atoms with Gasteiger partial charge in [-0.3, -0.25) is 0 Å². The summed E-state index contributed by atoms with van der Waals surface area (Å²) in [6, 6.07) is 0. The minimum atomic E-state index is 0.249. The van der Waals surface area contributed by atoms with E-state index < -0.39 is 0 Å². The Hall–Kier alpha value is -0.960. The molecule has 0 amide bonds. The molecule has 1 aliphatic rings. The van der Waals surface area contributed by atoms with E-state index in [1.54, 1.807) is 0 Å². The summed E-state index contributed by atoms with van der Waals surface area (Å²) < 4.78 is 5.56. The van der Waals surface area contributed by atoms with Gasteiger partial charge in [0.05, 0.1) is 6.61 Å². The van der Waals surface area contributed by atoms with Crippen LogP contribution < -0.4 is 0 Å². The number of unbranched alkanes of at least 4 members (excludes halogenated alkanes) is 1. The summed E-state index contributed by atoms with van der Waals surface area (Å²) in [6.07, 6.45) is 9.75. The highest BCUT2D eigenvalue weighted by molar-refractivity contribution is 6.65. The molecule has 16 heavy (non-hydrogen) atoms. The lowest BCUT2D eigenvalue weighted by molar-refractivity contribution is 0.216. The molecule has 1 aliphatic carbocycles. The van der Waals surface area contributed by atoms with E-state index in [0.717, 1.165) is 31.6 Å². The zero-order chi connectivity index (χ0) is 11.8. The van der Waals surface area contributed by atoms with Crippen molar-refractivity contribution in [2.24, 2.45) is 11.1 Å². The van der Waals surface area contributed by atoms with Gasteiger partial charge in [0.1, 0.15) is 10.9 Å². The van der Waals surface area contributed by atoms with Crippen molar-refractivity contribution in [1.29, 1.82) is 0 Å². The first-order chi connectivity index (χ1) is 7.76. The normalized spacial score (nSPS) is 20.8. The number of nitrogens with zero attached hydrogens (tertiary/aromatic N) is 1. The first-order valence-corrected chi connectivity index (χ1v) is 6.01. The summed E-state index contributed by atoms with van der Waals surface area (Å²) in [5.41, 5.74) is 0. The molecular formula is C12H18ClNO2. The maximum atomic E-state index is 8.45. The van der Waals surface area contributed by atoms with Crippen molar-refractivity contribution in [3.8, 4) is 0 Å². The molecule has 0 saturated heterocycles. The van der Waals surface area contributed by atoms with Crippen molar-refractivity contribution in [3.05, 3.63) is 24.0 Å². The van der Waals surface area contributed by atoms with Gasteiger partial charge in [-0.25, -0.2) is 0 Å². The van der Waals surface area contributed by atoms with Gasteiger partial charge in [-0.15, -0.1) is 0 Å². The van der Waals surface area contributed by atoms with Crippen LogP contribution in [-0.4, -0.2) is 17.0 Å². The number of ether oxygens (including phenoxy) is 1. The number of hydrogen-bond acceptors (Lipinski definition) is 3. The SMILES string of the molecule is CCCCOC1=CCC(C/C(Cl)=N/O)C=C1. The molecule has 0 heterocycles. The third-order valence-electron chi connectivity index (χ3n) is 2.46. The second-order valence-electron chi connectivity index (χ2n) is 3.84. The standard InChI is InChI=1S/C12H18ClNO2/c1-2-3-8-16-11-6-4-10(5-7-11)9-12(13)14-15/h4,6-7,10,15H,2-3,5,8-9H2,1H3/b14-12-. The van der Waals surface area contributed by atoms with Gasteiger partial charge in [0.25, 0.3) is 0 Å². The van der Waals surface area contributed by atoms with Crippen LogP contribution in [0.1, 0.15) is 32.6 Å². The topological polar surface area (TPSA) is 41.8 Å². The van der Waals surface area contributed by atoms with E-state index in [1.165, 1.54) is 0 Å². The summed E-state index contributed by atoms with van der Waals surface area (Å²) in [5, 5.41) is 11.7. The highest BCUT2D eigenvalue weighted by Gasteiger charge is 2.11. The van der Waals surface area contributed by atoms with Crippen LogP contribution in [0.5, 0.6) is 0 Å². The Kier molecular flexibility index (Phi) is 6.01. The quantitative estimate of drug-likeness (QED) is 0.335. The highest BCUT2D eigenvalue weighted by atomic mass is 35.5. The molecule has 0 radical (unpaired) electrons. The predicted octanol–water partition coefficient (Wildman–Crippen LogP) is 3.68. The smallest absolute Gasteiger partial charge is 0.145 e. The van der Waals surface area contributed by atoms with E-state index in [4.69, 9.17) is 21.5 Å². The zero-order valence-corrected chi connectivity index (χ0v) is 10.3. The molecule has 1 rings (SSSR count). The van der Waals surface area contributed by atoms with Crippen LogP contribution >= 0.6 is 11.6 Å². The zero-order valence-electron chi connectivity index (χ0n) is 9.53. The fourth-order valence-electron chi connectivity index (χ4n) is 1.50. The van der Waals surface area contributed by atoms with Crippen molar-refractivity contribution in [3.63, 3.8) is 0 Å². The van der Waals surface area contributed by atoms with Gasteiger partial charge in [0.2, 0.25) is 0 Å². The Morgan fingerprint density at radius 1 is 1.69 bits per heavy atom. The maximum Gasteiger partial charge on any atom is 0.145 e. The molecule has 1 unspecified atom stereocenters. The van der Waals surface area contributed by atoms with Gasteiger partial charge in [-0.05, 0) is 30.9 Å². The van der Waals surface area contributed by atoms with Crippen molar-refractivity contribution >= 4 is 16.8 Å². The van der Waals surface area contributed by atoms with Crippen LogP contribution in [0, 0.1) is 5.92 Å². The lowest BCUT2D eigenvalue weighted by Gasteiger charge is -2.15. The molecule has 1 atom stereocenters. The van der Waals surface area contributed by atoms with Gasteiger partial charge in [0, 0.05) is 6.42 Å². The number of hydrogen-bond donors (Lipinski definition) is 1. The number of rotatable bonds is 6. The second-order valence-corrected chi connectivity index (χ2v) is 4.28. The summed E-state index contributed by atoms with van der Waals surface area (Å²) >= 11 is 5.65. The first-order valence-electron chi connectivity index (χ1n) is 5.63. The van der Waals surface area contributed by atoms with Crippen molar-refractivity contribution in [2.75, 3.05) is 6.61 Å². The van der Waals surface area contributed by atoms with Gasteiger partial charge in [-0.1, -0.05) is 36.2 Å². The molecule has 0 aromatic heterocycles. The van der Waals surface area contributed by atoms with Gasteiger partial charge >= 0.3 is 0 Å². The Labute approximate surface area is 101 Å². The van der Waals surface area contributed by atoms with Crippen LogP contribution in [0.4, 0.5) is 0 Å². The van der Waals surface area contributed by atoms with Crippen molar-refractivity contribution in [2.45, 2.75) is 32.6 Å². The van der Waals surface area contributed by atoms with E-state index in [9.17, 15) is 0 Å². The molecule has 0 saturated carbocycles. The van der Waals surface area contributed by atoms with E-state index in [2.05, 4.69) is 24.2 Å². The Morgan fingerprint density at radius 3 is 3.06 bits per heavy atom. The van der Waals surface area contributed by atoms with Gasteiger partial charge in [0.15, 0.2) is 0 Å². The van der Waals surface area contributed by atoms with Crippen LogP contribution in [0.2, 0.25) is 0 Å². The minimum absolute atomic E-state index is 0.249. The number of oxime groups is 1. The highest BCUT2D eigenvalue weighted by Crippen LogP contribution is 2.21. The van der Waals surface area contributed by atoms with Crippen molar-refractivity contribution < 1.29 is 9.94 Å². The second kappa shape index (κ2) is 7.34. The number of halogens is 1. The fraction of sp³-hybridized carbons (Fsp3) is 0.583. The molecule has 0 aromatic rings. The molecule has 0 aliphatic heterocycles. The Morgan fingerprint density at radius 2 is 2.50 bits per heavy atom. The molecule has 1 N–H and O–H groups in total. The van der Waals surface area contributed by atoms with Crippen LogP contribution in [0.25, 0.3) is 0 Å². The fourth-order valence-corrected chi connectivity index (χ4v) is 1.69. The third-order valence-corrected chi connectivity index (χ3v) is 2.69. The van der Waals surface area contributed by atoms with Crippen molar-refractivity contribution in [1.82, 2.24) is 0 Å². The maximum absolute atomic E-state index is 8.45. The first kappa shape index (κ1) is 13.1. The molecule has 0 spiro atoms. The molecule has 4 heteroatoms. The van der Waals surface area contributed by atoms with Crippen LogP contribution in [0.15, 0.2) is 29.1 Å². The molecule has 0 aromatic carbocycles. The Bertz CT molecular complexity index is 297. The Balaban J connectivity index is 2.29. The molecular weight excluding hydrogens is 226 g/mol. The van der Waals surface area contributed by atoms with Crippen LogP contribution in [-0.2, 0) is 4.74 Å². The summed E-state index contributed by atoms with van der Waals surface area (Å²) in [5.74, 6) is 1.24. The van der Waals surface area contributed by atoms with Gasteiger partial charge in [-0.2, -0.15) is 0 Å². The molecule has 0 bridgehead atoms. The third kappa shape index (κ3) is 4.71. The van der Waals surface area contributed by atoms with E-state index in [1.807, 2.05) is 6.08 Å². The monoisotopic (exact) mass is 243 g/mol. The predicted molar refractivity (Wildman–Crippen MR) is 65.9 cm³/mol. The number of allylic oxidation sites excluding steroid dienone is 3. The summed E-state index contributed by atoms with van der Waals surface area (Å²) in [6.45, 7) is 2.91. The molecule has 3 nitrogen and oxygen atoms in total.